The molecule has 112 valence electrons. The van der Waals surface area contributed by atoms with Gasteiger partial charge in [0.05, 0.1) is 11.9 Å². The first kappa shape index (κ1) is 15.2. The van der Waals surface area contributed by atoms with Crippen molar-refractivity contribution in [3.63, 3.8) is 0 Å². The van der Waals surface area contributed by atoms with Gasteiger partial charge in [0, 0.05) is 18.8 Å². The molecule has 6 nitrogen and oxygen atoms in total. The van der Waals surface area contributed by atoms with Crippen LogP contribution in [0.25, 0.3) is 0 Å². The third kappa shape index (κ3) is 3.69. The van der Waals surface area contributed by atoms with E-state index in [-0.39, 0.29) is 17.3 Å². The van der Waals surface area contributed by atoms with E-state index in [2.05, 4.69) is 15.3 Å². The van der Waals surface area contributed by atoms with Crippen LogP contribution in [0.5, 0.6) is 0 Å². The Bertz CT molecular complexity index is 633. The molecule has 0 bridgehead atoms. The van der Waals surface area contributed by atoms with Crippen molar-refractivity contribution in [2.75, 3.05) is 23.0 Å². The lowest BCUT2D eigenvalue weighted by molar-refractivity contribution is 0.0997. The van der Waals surface area contributed by atoms with E-state index >= 15 is 0 Å². The highest BCUT2D eigenvalue weighted by Crippen LogP contribution is 2.29. The first-order valence-electron chi connectivity index (χ1n) is 6.50. The van der Waals surface area contributed by atoms with E-state index in [0.29, 0.717) is 15.7 Å². The molecule has 2 aromatic rings. The molecule has 0 aliphatic rings. The number of thiazole rings is 1. The van der Waals surface area contributed by atoms with E-state index in [1.165, 1.54) is 16.2 Å². The summed E-state index contributed by atoms with van der Waals surface area (Å²) in [7, 11) is 1.69. The standard InChI is InChI=1S/C14H19N5OS/c1-14(2,3)18-13-17-11(15)10(21-13)12(20)19(4)9-6-5-7-16-8-9/h5-8H,15H2,1-4H3,(H,17,18). The van der Waals surface area contributed by atoms with Gasteiger partial charge in [-0.2, -0.15) is 0 Å². The van der Waals surface area contributed by atoms with Gasteiger partial charge < -0.3 is 16.0 Å². The third-order valence-corrected chi connectivity index (χ3v) is 3.64. The molecule has 3 N–H and O–H groups in total. The fourth-order valence-corrected chi connectivity index (χ4v) is 2.75. The molecule has 21 heavy (non-hydrogen) atoms. The van der Waals surface area contributed by atoms with E-state index in [0.717, 1.165) is 0 Å². The molecule has 0 saturated carbocycles. The van der Waals surface area contributed by atoms with Crippen molar-refractivity contribution in [1.82, 2.24) is 9.97 Å². The molecule has 0 radical (unpaired) electrons. The van der Waals surface area contributed by atoms with E-state index < -0.39 is 0 Å². The Morgan fingerprint density at radius 1 is 1.43 bits per heavy atom. The number of nitrogens with two attached hydrogens (primary N) is 1. The van der Waals surface area contributed by atoms with Crippen LogP contribution in [0.2, 0.25) is 0 Å². The van der Waals surface area contributed by atoms with Crippen LogP contribution in [0.4, 0.5) is 16.6 Å². The summed E-state index contributed by atoms with van der Waals surface area (Å²) in [5.41, 5.74) is 6.44. The molecule has 2 rings (SSSR count). The lowest BCUT2D eigenvalue weighted by Crippen LogP contribution is -2.26. The minimum Gasteiger partial charge on any atom is -0.382 e. The SMILES string of the molecule is CN(C(=O)c1sc(NC(C)(C)C)nc1N)c1cccnc1. The Labute approximate surface area is 128 Å². The maximum Gasteiger partial charge on any atom is 0.272 e. The number of carbonyl (C=O) groups excluding carboxylic acids is 1. The molecule has 0 aromatic carbocycles. The number of hydrogen-bond acceptors (Lipinski definition) is 6. The molecule has 0 atom stereocenters. The van der Waals surface area contributed by atoms with Gasteiger partial charge >= 0.3 is 0 Å². The Balaban J connectivity index is 2.24. The minimum absolute atomic E-state index is 0.139. The molecule has 0 saturated heterocycles. The average Bonchev–Trinajstić information content (AvgIpc) is 2.76. The molecule has 0 fully saturated rings. The Morgan fingerprint density at radius 3 is 2.71 bits per heavy atom. The fourth-order valence-electron chi connectivity index (χ4n) is 1.68. The van der Waals surface area contributed by atoms with Crippen molar-refractivity contribution < 1.29 is 4.79 Å². The lowest BCUT2D eigenvalue weighted by Gasteiger charge is -2.19. The van der Waals surface area contributed by atoms with Crippen LogP contribution in [-0.2, 0) is 0 Å². The normalized spacial score (nSPS) is 11.2. The smallest absolute Gasteiger partial charge is 0.272 e. The highest BCUT2D eigenvalue weighted by Gasteiger charge is 2.22. The predicted molar refractivity (Wildman–Crippen MR) is 86.9 cm³/mol. The minimum atomic E-state index is -0.194. The van der Waals surface area contributed by atoms with Crippen molar-refractivity contribution in [2.45, 2.75) is 26.3 Å². The number of aromatic nitrogens is 2. The van der Waals surface area contributed by atoms with Crippen LogP contribution >= 0.6 is 11.3 Å². The van der Waals surface area contributed by atoms with Crippen molar-refractivity contribution in [3.8, 4) is 0 Å². The van der Waals surface area contributed by atoms with Gasteiger partial charge in [-0.25, -0.2) is 4.98 Å². The number of anilines is 3. The van der Waals surface area contributed by atoms with Gasteiger partial charge in [0.25, 0.3) is 5.91 Å². The summed E-state index contributed by atoms with van der Waals surface area (Å²) in [6, 6.07) is 3.60. The highest BCUT2D eigenvalue weighted by atomic mass is 32.1. The summed E-state index contributed by atoms with van der Waals surface area (Å²) in [6.07, 6.45) is 3.29. The number of nitrogens with zero attached hydrogens (tertiary/aromatic N) is 3. The zero-order valence-corrected chi connectivity index (χ0v) is 13.4. The van der Waals surface area contributed by atoms with Crippen molar-refractivity contribution >= 4 is 33.9 Å². The number of rotatable bonds is 3. The van der Waals surface area contributed by atoms with E-state index in [1.54, 1.807) is 25.5 Å². The molecular formula is C14H19N5OS. The Morgan fingerprint density at radius 2 is 2.14 bits per heavy atom. The first-order chi connectivity index (χ1) is 9.78. The topological polar surface area (TPSA) is 84.1 Å². The summed E-state index contributed by atoms with van der Waals surface area (Å²) < 4.78 is 0. The molecule has 2 aromatic heterocycles. The van der Waals surface area contributed by atoms with Crippen LogP contribution in [0.3, 0.4) is 0 Å². The van der Waals surface area contributed by atoms with Gasteiger partial charge in [-0.3, -0.25) is 9.78 Å². The number of carbonyl (C=O) groups is 1. The van der Waals surface area contributed by atoms with Gasteiger partial charge in [0.1, 0.15) is 10.7 Å². The van der Waals surface area contributed by atoms with E-state index in [9.17, 15) is 4.79 Å². The molecular weight excluding hydrogens is 286 g/mol. The zero-order valence-electron chi connectivity index (χ0n) is 12.5. The van der Waals surface area contributed by atoms with Crippen LogP contribution < -0.4 is 16.0 Å². The maximum atomic E-state index is 12.5. The number of pyridine rings is 1. The highest BCUT2D eigenvalue weighted by molar-refractivity contribution is 7.18. The summed E-state index contributed by atoms with van der Waals surface area (Å²) in [4.78, 5) is 22.7. The zero-order chi connectivity index (χ0) is 15.6. The van der Waals surface area contributed by atoms with Gasteiger partial charge in [-0.1, -0.05) is 11.3 Å². The van der Waals surface area contributed by atoms with Crippen LogP contribution in [0.15, 0.2) is 24.5 Å². The second kappa shape index (κ2) is 5.69. The Kier molecular flexibility index (Phi) is 4.13. The maximum absolute atomic E-state index is 12.5. The molecule has 1 amide bonds. The van der Waals surface area contributed by atoms with Crippen LogP contribution in [-0.4, -0.2) is 28.5 Å². The summed E-state index contributed by atoms with van der Waals surface area (Å²) >= 11 is 1.26. The van der Waals surface area contributed by atoms with Crippen molar-refractivity contribution in [3.05, 3.63) is 29.4 Å². The number of nitrogen functional groups attached to an aromatic ring is 1. The summed E-state index contributed by atoms with van der Waals surface area (Å²) in [5, 5.41) is 3.86. The van der Waals surface area contributed by atoms with Crippen LogP contribution in [0, 0.1) is 0 Å². The van der Waals surface area contributed by atoms with E-state index in [1.807, 2.05) is 26.8 Å². The lowest BCUT2D eigenvalue weighted by atomic mass is 10.1. The average molecular weight is 305 g/mol. The second-order valence-corrected chi connectivity index (χ2v) is 6.68. The monoisotopic (exact) mass is 305 g/mol. The molecule has 0 spiro atoms. The number of nitrogens with one attached hydrogen (secondary N) is 1. The molecule has 7 heteroatoms. The predicted octanol–water partition coefficient (Wildman–Crippen LogP) is 2.61. The molecule has 0 aliphatic heterocycles. The van der Waals surface area contributed by atoms with Crippen molar-refractivity contribution in [1.29, 1.82) is 0 Å². The molecule has 2 heterocycles. The number of amides is 1. The summed E-state index contributed by atoms with van der Waals surface area (Å²) in [6.45, 7) is 6.07. The van der Waals surface area contributed by atoms with Gasteiger partial charge in [-0.05, 0) is 32.9 Å². The largest absolute Gasteiger partial charge is 0.382 e. The third-order valence-electron chi connectivity index (χ3n) is 2.67. The quantitative estimate of drug-likeness (QED) is 0.910. The van der Waals surface area contributed by atoms with E-state index in [4.69, 9.17) is 5.73 Å². The van der Waals surface area contributed by atoms with Gasteiger partial charge in [-0.15, -0.1) is 0 Å². The van der Waals surface area contributed by atoms with Crippen molar-refractivity contribution in [2.24, 2.45) is 0 Å². The summed E-state index contributed by atoms with van der Waals surface area (Å²) in [5.74, 6) is 0.0486. The van der Waals surface area contributed by atoms with Gasteiger partial charge in [0.2, 0.25) is 0 Å². The number of hydrogen-bond donors (Lipinski definition) is 2. The fraction of sp³-hybridized carbons (Fsp3) is 0.357. The van der Waals surface area contributed by atoms with Crippen LogP contribution in [0.1, 0.15) is 30.4 Å². The molecule has 0 aliphatic carbocycles. The molecule has 0 unspecified atom stereocenters. The second-order valence-electron chi connectivity index (χ2n) is 5.68. The first-order valence-corrected chi connectivity index (χ1v) is 7.32. The van der Waals surface area contributed by atoms with Gasteiger partial charge in [0.15, 0.2) is 5.13 Å². The Hall–Kier alpha value is -2.15.